The second-order valence-electron chi connectivity index (χ2n) is 7.91. The first kappa shape index (κ1) is 26.5. The summed E-state index contributed by atoms with van der Waals surface area (Å²) in [7, 11) is -10.3. The number of hydrogen-bond acceptors (Lipinski definition) is 16. The monoisotopic (exact) mass is 619 g/mol. The number of rotatable bonds is 4. The summed E-state index contributed by atoms with van der Waals surface area (Å²) in [5.74, 6) is 0.0450. The van der Waals surface area contributed by atoms with Crippen LogP contribution in [0.4, 0.5) is 5.82 Å². The summed E-state index contributed by atoms with van der Waals surface area (Å²) in [5, 5.41) is 40.3. The fraction of sp³-hybridized carbons (Fsp3) is 0.667. The second-order valence-corrected chi connectivity index (χ2v) is 11.8. The third-order valence-corrected chi connectivity index (χ3v) is 9.24. The zero-order chi connectivity index (χ0) is 26.0. The molecule has 0 radical (unpaired) electrons. The minimum atomic E-state index is -5.17. The zero-order valence-corrected chi connectivity index (χ0v) is 21.1. The van der Waals surface area contributed by atoms with Gasteiger partial charge in [0.25, 0.3) is 0 Å². The van der Waals surface area contributed by atoms with Crippen molar-refractivity contribution in [2.45, 2.75) is 49.1 Å². The highest BCUT2D eigenvalue weighted by Gasteiger charge is 2.56. The maximum atomic E-state index is 13.4. The first-order valence-corrected chi connectivity index (χ1v) is 13.9. The first-order valence-electron chi connectivity index (χ1n) is 10.2. The van der Waals surface area contributed by atoms with Crippen molar-refractivity contribution in [2.75, 3.05) is 18.9 Å². The lowest BCUT2D eigenvalue weighted by Crippen LogP contribution is -2.38. The molecular formula is C15H20BrN5O13P2. The molecule has 10 atom stereocenters. The summed E-state index contributed by atoms with van der Waals surface area (Å²) >= 11 is 3.22. The van der Waals surface area contributed by atoms with Crippen LogP contribution in [0.2, 0.25) is 0 Å². The van der Waals surface area contributed by atoms with Crippen molar-refractivity contribution in [3.8, 4) is 0 Å². The lowest BCUT2D eigenvalue weighted by Gasteiger charge is -2.30. The molecule has 200 valence electrons. The summed E-state index contributed by atoms with van der Waals surface area (Å²) in [6.07, 6.45) is -11.3. The number of anilines is 1. The van der Waals surface area contributed by atoms with Crippen molar-refractivity contribution in [3.63, 3.8) is 0 Å². The largest absolute Gasteiger partial charge is 0.486 e. The highest BCUT2D eigenvalue weighted by atomic mass is 79.9. The summed E-state index contributed by atoms with van der Waals surface area (Å²) in [6.45, 7) is -1.37. The van der Waals surface area contributed by atoms with Crippen LogP contribution in [0.25, 0.3) is 11.2 Å². The van der Waals surface area contributed by atoms with Crippen molar-refractivity contribution in [1.82, 2.24) is 19.5 Å². The molecule has 2 aromatic heterocycles. The number of nitrogens with two attached hydrogens (primary N) is 1. The van der Waals surface area contributed by atoms with Gasteiger partial charge in [-0.05, 0) is 15.9 Å². The number of fused-ring (bicyclic) bond motifs is 2. The summed E-state index contributed by atoms with van der Waals surface area (Å²) in [6, 6.07) is 0. The molecule has 36 heavy (non-hydrogen) atoms. The molecule has 7 N–H and O–H groups in total. The van der Waals surface area contributed by atoms with Crippen LogP contribution in [0.3, 0.4) is 0 Å². The van der Waals surface area contributed by atoms with E-state index in [1.807, 2.05) is 0 Å². The average molecular weight is 620 g/mol. The average Bonchev–Trinajstić information content (AvgIpc) is 3.38. The Bertz CT molecular complexity index is 1250. The molecule has 0 amide bonds. The molecule has 0 aliphatic carbocycles. The topological polar surface area (TPSA) is 260 Å². The molecule has 3 saturated heterocycles. The molecule has 3 aliphatic rings. The van der Waals surface area contributed by atoms with Crippen LogP contribution < -0.4 is 5.73 Å². The van der Waals surface area contributed by atoms with Crippen LogP contribution in [0.5, 0.6) is 0 Å². The van der Waals surface area contributed by atoms with Gasteiger partial charge in [-0.1, -0.05) is 0 Å². The molecule has 5 rings (SSSR count). The fourth-order valence-electron chi connectivity index (χ4n) is 3.93. The van der Waals surface area contributed by atoms with Crippen molar-refractivity contribution in [3.05, 3.63) is 11.1 Å². The maximum absolute atomic E-state index is 13.4. The summed E-state index contributed by atoms with van der Waals surface area (Å²) in [5.41, 5.74) is 6.16. The van der Waals surface area contributed by atoms with Gasteiger partial charge in [-0.3, -0.25) is 18.1 Å². The molecule has 2 aromatic rings. The lowest BCUT2D eigenvalue weighted by atomic mass is 10.1. The molecule has 3 fully saturated rings. The van der Waals surface area contributed by atoms with Crippen LogP contribution in [-0.2, 0) is 36.5 Å². The van der Waals surface area contributed by atoms with Crippen LogP contribution in [0, 0.1) is 0 Å². The van der Waals surface area contributed by atoms with E-state index in [9.17, 15) is 34.4 Å². The molecule has 0 saturated carbocycles. The van der Waals surface area contributed by atoms with Crippen LogP contribution in [0.15, 0.2) is 11.1 Å². The molecule has 0 spiro atoms. The molecule has 3 aliphatic heterocycles. The Labute approximate surface area is 209 Å². The Morgan fingerprint density at radius 2 is 1.94 bits per heavy atom. The Morgan fingerprint density at radius 1 is 1.19 bits per heavy atom. The van der Waals surface area contributed by atoms with Gasteiger partial charge in [0.2, 0.25) is 0 Å². The van der Waals surface area contributed by atoms with Crippen molar-refractivity contribution < 1.29 is 61.8 Å². The Hall–Kier alpha value is -1.15. The quantitative estimate of drug-likeness (QED) is 0.168. The lowest BCUT2D eigenvalue weighted by molar-refractivity contribution is -0.135. The summed E-state index contributed by atoms with van der Waals surface area (Å²) < 4.78 is 57.8. The number of ether oxygens (including phenoxy) is 2. The van der Waals surface area contributed by atoms with E-state index in [1.165, 1.54) is 4.57 Å². The van der Waals surface area contributed by atoms with Crippen LogP contribution in [-0.4, -0.2) is 101 Å². The number of aliphatic hydroxyl groups excluding tert-OH is 4. The highest BCUT2D eigenvalue weighted by molar-refractivity contribution is 9.10. The first-order chi connectivity index (χ1) is 16.9. The molecule has 10 unspecified atom stereocenters. The van der Waals surface area contributed by atoms with Gasteiger partial charge in [0.05, 0.1) is 13.2 Å². The number of halogens is 1. The normalized spacial score (nSPS) is 43.4. The maximum Gasteiger partial charge on any atom is 0.486 e. The van der Waals surface area contributed by atoms with E-state index in [1.54, 1.807) is 0 Å². The minimum absolute atomic E-state index is 0.0450. The number of nitrogens with zero attached hydrogens (tertiary/aromatic N) is 4. The van der Waals surface area contributed by atoms with Gasteiger partial charge >= 0.3 is 15.6 Å². The zero-order valence-electron chi connectivity index (χ0n) is 17.8. The predicted molar refractivity (Wildman–Crippen MR) is 116 cm³/mol. The molecule has 0 aromatic carbocycles. The van der Waals surface area contributed by atoms with Crippen LogP contribution in [0.1, 0.15) is 6.23 Å². The van der Waals surface area contributed by atoms with Gasteiger partial charge in [0.1, 0.15) is 43.0 Å². The third kappa shape index (κ3) is 4.63. The van der Waals surface area contributed by atoms with E-state index < -0.39 is 78.0 Å². The van der Waals surface area contributed by atoms with E-state index in [-0.39, 0.29) is 21.7 Å². The standard InChI is InChI=1S/C15H20BrN5O13P2/c16-15-20-6-11(17)18-3-19-12(6)21(15)13-9(25)10-5(30-13)2-29-35(26,27)34-36(28,32-10)33-14-8(24)7(23)4(1-22)31-14/h3-5,7-10,13-14,22-25H,1-2H2,(H,26,27)(H2,17,18,19). The van der Waals surface area contributed by atoms with Gasteiger partial charge < -0.3 is 40.5 Å². The smallest absolute Gasteiger partial charge is 0.394 e. The molecule has 5 heterocycles. The number of nitrogen functional groups attached to an aromatic ring is 1. The molecule has 18 nitrogen and oxygen atoms in total. The molecular weight excluding hydrogens is 600 g/mol. The Kier molecular flexibility index (Phi) is 7.02. The van der Waals surface area contributed by atoms with E-state index in [2.05, 4.69) is 35.2 Å². The van der Waals surface area contributed by atoms with E-state index in [4.69, 9.17) is 28.8 Å². The van der Waals surface area contributed by atoms with Gasteiger partial charge in [-0.25, -0.2) is 24.1 Å². The van der Waals surface area contributed by atoms with E-state index in [0.717, 1.165) is 6.33 Å². The molecule has 21 heteroatoms. The molecule has 0 bridgehead atoms. The van der Waals surface area contributed by atoms with Crippen molar-refractivity contribution in [2.24, 2.45) is 0 Å². The Morgan fingerprint density at radius 3 is 2.64 bits per heavy atom. The number of phosphoric ester groups is 2. The third-order valence-electron chi connectivity index (χ3n) is 5.61. The van der Waals surface area contributed by atoms with Crippen molar-refractivity contribution in [1.29, 1.82) is 0 Å². The fourth-order valence-corrected chi connectivity index (χ4v) is 7.36. The van der Waals surface area contributed by atoms with E-state index in [0.29, 0.717) is 0 Å². The number of imidazole rings is 1. The van der Waals surface area contributed by atoms with Crippen molar-refractivity contribution >= 4 is 48.6 Å². The number of phosphoric acid groups is 2. The summed E-state index contributed by atoms with van der Waals surface area (Å²) in [4.78, 5) is 22.1. The van der Waals surface area contributed by atoms with Gasteiger partial charge in [0.15, 0.2) is 34.2 Å². The predicted octanol–water partition coefficient (Wildman–Crippen LogP) is -1.47. The number of aromatic nitrogens is 4. The minimum Gasteiger partial charge on any atom is -0.394 e. The van der Waals surface area contributed by atoms with Crippen LogP contribution >= 0.6 is 31.6 Å². The second kappa shape index (κ2) is 9.55. The Balaban J connectivity index is 1.46. The number of hydrogen-bond donors (Lipinski definition) is 6. The highest BCUT2D eigenvalue weighted by Crippen LogP contribution is 2.67. The van der Waals surface area contributed by atoms with Gasteiger partial charge in [-0.15, -0.1) is 0 Å². The van der Waals surface area contributed by atoms with Gasteiger partial charge in [-0.2, -0.15) is 4.31 Å². The SMILES string of the molecule is Nc1ncnc2c1nc(Br)n2C1OC2COP(=O)(O)OP(=O)(OC3OC(CO)C(O)C3O)OC2C1O. The number of aliphatic hydroxyl groups is 4. The van der Waals surface area contributed by atoms with Gasteiger partial charge in [0, 0.05) is 0 Å². The van der Waals surface area contributed by atoms with E-state index >= 15 is 0 Å².